The van der Waals surface area contributed by atoms with Crippen LogP contribution in [0.2, 0.25) is 0 Å². The van der Waals surface area contributed by atoms with Crippen LogP contribution in [0.4, 0.5) is 5.69 Å². The average molecular weight is 465 g/mol. The summed E-state index contributed by atoms with van der Waals surface area (Å²) < 4.78 is 37.7. The van der Waals surface area contributed by atoms with Crippen LogP contribution in [0.25, 0.3) is 0 Å². The van der Waals surface area contributed by atoms with Crippen LogP contribution in [0.5, 0.6) is 11.5 Å². The van der Waals surface area contributed by atoms with Crippen LogP contribution < -0.4 is 14.8 Å². The van der Waals surface area contributed by atoms with Crippen LogP contribution in [-0.2, 0) is 14.8 Å². The van der Waals surface area contributed by atoms with Crippen molar-refractivity contribution in [1.29, 1.82) is 0 Å². The molecule has 0 bridgehead atoms. The number of benzene rings is 2. The van der Waals surface area contributed by atoms with Gasteiger partial charge in [0.25, 0.3) is 0 Å². The summed E-state index contributed by atoms with van der Waals surface area (Å²) in [6.45, 7) is 1.13. The molecule has 1 fully saturated rings. The van der Waals surface area contributed by atoms with Crippen LogP contribution in [0.15, 0.2) is 52.3 Å². The molecule has 0 radical (unpaired) electrons. The van der Waals surface area contributed by atoms with E-state index >= 15 is 0 Å². The highest BCUT2D eigenvalue weighted by molar-refractivity contribution is 8.00. The number of nitrogens with zero attached hydrogens (tertiary/aromatic N) is 1. The molecule has 2 aromatic carbocycles. The van der Waals surface area contributed by atoms with Crippen LogP contribution in [0.1, 0.15) is 25.7 Å². The van der Waals surface area contributed by atoms with Gasteiger partial charge in [-0.1, -0.05) is 12.8 Å². The molecule has 0 unspecified atom stereocenters. The van der Waals surface area contributed by atoms with E-state index in [2.05, 4.69) is 5.32 Å². The minimum atomic E-state index is -3.49. The van der Waals surface area contributed by atoms with E-state index in [0.29, 0.717) is 30.3 Å². The van der Waals surface area contributed by atoms with Crippen molar-refractivity contribution in [3.63, 3.8) is 0 Å². The number of hydrogen-bond acceptors (Lipinski definition) is 6. The molecule has 0 aliphatic carbocycles. The third kappa shape index (κ3) is 6.15. The summed E-state index contributed by atoms with van der Waals surface area (Å²) in [5, 5.41) is 2.81. The minimum absolute atomic E-state index is 0.178. The highest BCUT2D eigenvalue weighted by atomic mass is 32.2. The summed E-state index contributed by atoms with van der Waals surface area (Å²) in [7, 11) is -0.358. The van der Waals surface area contributed by atoms with E-state index in [4.69, 9.17) is 9.47 Å². The Morgan fingerprint density at radius 2 is 1.61 bits per heavy atom. The van der Waals surface area contributed by atoms with Crippen molar-refractivity contribution in [2.24, 2.45) is 0 Å². The summed E-state index contributed by atoms with van der Waals surface area (Å²) in [4.78, 5) is 13.5. The van der Waals surface area contributed by atoms with Gasteiger partial charge >= 0.3 is 0 Å². The van der Waals surface area contributed by atoms with Gasteiger partial charge in [-0.15, -0.1) is 11.8 Å². The first-order valence-electron chi connectivity index (χ1n) is 10.2. The van der Waals surface area contributed by atoms with E-state index in [-0.39, 0.29) is 16.6 Å². The van der Waals surface area contributed by atoms with Gasteiger partial charge in [0.1, 0.15) is 0 Å². The Morgan fingerprint density at radius 1 is 0.968 bits per heavy atom. The molecule has 0 atom stereocenters. The third-order valence-electron chi connectivity index (χ3n) is 5.07. The van der Waals surface area contributed by atoms with Crippen molar-refractivity contribution in [2.75, 3.05) is 38.4 Å². The summed E-state index contributed by atoms with van der Waals surface area (Å²) in [5.41, 5.74) is 0.563. The topological polar surface area (TPSA) is 84.9 Å². The van der Waals surface area contributed by atoms with Gasteiger partial charge in [0, 0.05) is 23.7 Å². The molecule has 0 saturated carbocycles. The fourth-order valence-electron chi connectivity index (χ4n) is 3.39. The number of carbonyl (C=O) groups excluding carboxylic acids is 1. The lowest BCUT2D eigenvalue weighted by Crippen LogP contribution is -2.31. The molecule has 0 aromatic heterocycles. The normalized spacial score (nSPS) is 15.2. The summed E-state index contributed by atoms with van der Waals surface area (Å²) >= 11 is 1.37. The first-order valence-corrected chi connectivity index (χ1v) is 12.6. The molecule has 1 aliphatic heterocycles. The Hall–Kier alpha value is -2.23. The minimum Gasteiger partial charge on any atom is -0.493 e. The molecule has 1 N–H and O–H groups in total. The van der Waals surface area contributed by atoms with E-state index in [1.165, 1.54) is 11.8 Å². The molecule has 0 spiro atoms. The molecule has 1 amide bonds. The molecule has 2 aromatic rings. The van der Waals surface area contributed by atoms with E-state index in [9.17, 15) is 13.2 Å². The van der Waals surface area contributed by atoms with E-state index < -0.39 is 10.0 Å². The van der Waals surface area contributed by atoms with Gasteiger partial charge in [-0.3, -0.25) is 4.79 Å². The van der Waals surface area contributed by atoms with Gasteiger partial charge in [0.05, 0.1) is 24.9 Å². The van der Waals surface area contributed by atoms with Crippen LogP contribution in [0, 0.1) is 0 Å². The van der Waals surface area contributed by atoms with E-state index in [1.54, 1.807) is 48.9 Å². The molecule has 7 nitrogen and oxygen atoms in total. The zero-order chi connectivity index (χ0) is 22.3. The van der Waals surface area contributed by atoms with Crippen LogP contribution in [0.3, 0.4) is 0 Å². The Kier molecular flexibility index (Phi) is 8.22. The van der Waals surface area contributed by atoms with Crippen molar-refractivity contribution < 1.29 is 22.7 Å². The quantitative estimate of drug-likeness (QED) is 0.595. The highest BCUT2D eigenvalue weighted by Crippen LogP contribution is 2.32. The molecular weight excluding hydrogens is 436 g/mol. The molecule has 168 valence electrons. The highest BCUT2D eigenvalue weighted by Gasteiger charge is 2.25. The van der Waals surface area contributed by atoms with Gasteiger partial charge in [-0.05, 0) is 55.3 Å². The number of thioether (sulfide) groups is 1. The third-order valence-corrected chi connectivity index (χ3v) is 7.97. The average Bonchev–Trinajstić information content (AvgIpc) is 3.08. The second kappa shape index (κ2) is 10.9. The number of sulfonamides is 1. The number of ether oxygens (including phenoxy) is 2. The number of nitrogens with one attached hydrogen (secondary N) is 1. The molecule has 1 saturated heterocycles. The lowest BCUT2D eigenvalue weighted by atomic mass is 10.2. The van der Waals surface area contributed by atoms with Crippen LogP contribution >= 0.6 is 11.8 Å². The van der Waals surface area contributed by atoms with Gasteiger partial charge in [-0.25, -0.2) is 8.42 Å². The van der Waals surface area contributed by atoms with Crippen molar-refractivity contribution in [1.82, 2.24) is 4.31 Å². The van der Waals surface area contributed by atoms with Gasteiger partial charge in [0.2, 0.25) is 15.9 Å². The Labute approximate surface area is 188 Å². The lowest BCUT2D eigenvalue weighted by molar-refractivity contribution is -0.113. The van der Waals surface area contributed by atoms with E-state index in [1.807, 2.05) is 12.1 Å². The predicted molar refractivity (Wildman–Crippen MR) is 123 cm³/mol. The molecule has 31 heavy (non-hydrogen) atoms. The van der Waals surface area contributed by atoms with Crippen molar-refractivity contribution >= 4 is 33.4 Å². The monoisotopic (exact) mass is 464 g/mol. The predicted octanol–water partition coefficient (Wildman–Crippen LogP) is 4.00. The SMILES string of the molecule is COc1ccc(SCC(=O)Nc2ccc(S(=O)(=O)N3CCCCCC3)cc2)cc1OC. The van der Waals surface area contributed by atoms with Gasteiger partial charge in [0.15, 0.2) is 11.5 Å². The maximum atomic E-state index is 12.8. The summed E-state index contributed by atoms with van der Waals surface area (Å²) in [5.74, 6) is 1.27. The number of amides is 1. The molecule has 9 heteroatoms. The second-order valence-electron chi connectivity index (χ2n) is 7.20. The maximum absolute atomic E-state index is 12.8. The van der Waals surface area contributed by atoms with E-state index in [0.717, 1.165) is 30.6 Å². The fourth-order valence-corrected chi connectivity index (χ4v) is 5.64. The number of rotatable bonds is 8. The maximum Gasteiger partial charge on any atom is 0.243 e. The second-order valence-corrected chi connectivity index (χ2v) is 10.2. The summed E-state index contributed by atoms with van der Waals surface area (Å²) in [6.07, 6.45) is 3.92. The zero-order valence-electron chi connectivity index (χ0n) is 17.8. The largest absolute Gasteiger partial charge is 0.493 e. The Bertz CT molecular complexity index is 985. The number of anilines is 1. The standard InChI is InChI=1S/C22H28N2O5S2/c1-28-20-12-9-18(15-21(20)29-2)30-16-22(25)23-17-7-10-19(11-8-17)31(26,27)24-13-5-3-4-6-14-24/h7-12,15H,3-6,13-14,16H2,1-2H3,(H,23,25). The molecule has 1 heterocycles. The first-order chi connectivity index (χ1) is 14.9. The Balaban J connectivity index is 1.57. The number of hydrogen-bond donors (Lipinski definition) is 1. The first kappa shape index (κ1) is 23.4. The molecular formula is C22H28N2O5S2. The van der Waals surface area contributed by atoms with Crippen LogP contribution in [-0.4, -0.2) is 51.7 Å². The fraction of sp³-hybridized carbons (Fsp3) is 0.409. The molecule has 3 rings (SSSR count). The van der Waals surface area contributed by atoms with Gasteiger partial charge < -0.3 is 14.8 Å². The summed E-state index contributed by atoms with van der Waals surface area (Å²) in [6, 6.07) is 11.8. The zero-order valence-corrected chi connectivity index (χ0v) is 19.4. The van der Waals surface area contributed by atoms with Crippen molar-refractivity contribution in [3.05, 3.63) is 42.5 Å². The number of methoxy groups -OCH3 is 2. The molecule has 1 aliphatic rings. The Morgan fingerprint density at radius 3 is 2.23 bits per heavy atom. The smallest absolute Gasteiger partial charge is 0.243 e. The van der Waals surface area contributed by atoms with Crippen molar-refractivity contribution in [3.8, 4) is 11.5 Å². The number of carbonyl (C=O) groups is 1. The van der Waals surface area contributed by atoms with Gasteiger partial charge in [-0.2, -0.15) is 4.31 Å². The lowest BCUT2D eigenvalue weighted by Gasteiger charge is -2.20. The van der Waals surface area contributed by atoms with Crippen molar-refractivity contribution in [2.45, 2.75) is 35.5 Å².